The summed E-state index contributed by atoms with van der Waals surface area (Å²) in [4.78, 5) is 68.7. The Balaban J connectivity index is 1.79. The van der Waals surface area contributed by atoms with E-state index in [2.05, 4.69) is 5.32 Å². The Morgan fingerprint density at radius 1 is 0.800 bits per heavy atom. The molecule has 0 saturated carbocycles. The second-order valence-electron chi connectivity index (χ2n) is 14.3. The van der Waals surface area contributed by atoms with Crippen molar-refractivity contribution in [1.29, 1.82) is 0 Å². The maximum absolute atomic E-state index is 14.0. The number of Topliss-reactive ketones (excluding diaryl/α,β-unsaturated/α-hetero) is 2. The van der Waals surface area contributed by atoms with Crippen LogP contribution in [0.5, 0.6) is 0 Å². The first-order valence-corrected chi connectivity index (χ1v) is 18.0. The number of rotatable bonds is 21. The van der Waals surface area contributed by atoms with E-state index < -0.39 is 35.3 Å². The minimum Gasteiger partial charge on any atom is -0.480 e. The van der Waals surface area contributed by atoms with E-state index in [0.29, 0.717) is 45.1 Å². The molecule has 1 aliphatic heterocycles. The molecule has 0 spiro atoms. The number of unbranched alkanes of at least 4 members (excludes halogenated alkanes) is 1. The molecule has 1 heterocycles. The summed E-state index contributed by atoms with van der Waals surface area (Å²) in [6.07, 6.45) is 3.11. The summed E-state index contributed by atoms with van der Waals surface area (Å²) in [5, 5.41) is 12.5. The van der Waals surface area contributed by atoms with Gasteiger partial charge in [0.15, 0.2) is 5.78 Å². The van der Waals surface area contributed by atoms with Crippen LogP contribution in [0.2, 0.25) is 0 Å². The van der Waals surface area contributed by atoms with Gasteiger partial charge in [0.1, 0.15) is 11.3 Å². The number of nitrogens with one attached hydrogen (secondary N) is 1. The molecule has 50 heavy (non-hydrogen) atoms. The molecular weight excluding hydrogens is 634 g/mol. The van der Waals surface area contributed by atoms with Crippen molar-refractivity contribution in [3.8, 4) is 0 Å². The summed E-state index contributed by atoms with van der Waals surface area (Å²) in [5.41, 5.74) is 18.3. The van der Waals surface area contributed by atoms with Gasteiger partial charge in [-0.05, 0) is 68.5 Å². The van der Waals surface area contributed by atoms with Gasteiger partial charge in [-0.2, -0.15) is 0 Å². The maximum Gasteiger partial charge on any atom is 0.323 e. The first-order valence-electron chi connectivity index (χ1n) is 18.0. The van der Waals surface area contributed by atoms with Gasteiger partial charge in [-0.15, -0.1) is 0 Å². The largest absolute Gasteiger partial charge is 0.480 e. The number of piperidine rings is 1. The van der Waals surface area contributed by atoms with Crippen LogP contribution < -0.4 is 22.5 Å². The van der Waals surface area contributed by atoms with Crippen LogP contribution in [0.25, 0.3) is 0 Å². The number of likely N-dealkylation sites (tertiary alicyclic amines) is 1. The van der Waals surface area contributed by atoms with Crippen molar-refractivity contribution in [2.75, 3.05) is 26.2 Å². The van der Waals surface area contributed by atoms with Crippen LogP contribution in [-0.4, -0.2) is 77.1 Å². The number of carboxylic acid groups (broad SMARTS) is 1. The van der Waals surface area contributed by atoms with E-state index >= 15 is 0 Å². The fourth-order valence-corrected chi connectivity index (χ4v) is 6.66. The molecule has 3 rings (SSSR count). The van der Waals surface area contributed by atoms with Crippen molar-refractivity contribution >= 4 is 29.4 Å². The highest BCUT2D eigenvalue weighted by Crippen LogP contribution is 2.26. The minimum absolute atomic E-state index is 0.0217. The summed E-state index contributed by atoms with van der Waals surface area (Å²) >= 11 is 0. The van der Waals surface area contributed by atoms with Crippen LogP contribution in [-0.2, 0) is 36.8 Å². The van der Waals surface area contributed by atoms with Crippen molar-refractivity contribution in [3.05, 3.63) is 71.8 Å². The van der Waals surface area contributed by atoms with E-state index in [1.165, 1.54) is 0 Å². The van der Waals surface area contributed by atoms with E-state index in [9.17, 15) is 29.1 Å². The summed E-state index contributed by atoms with van der Waals surface area (Å²) < 4.78 is 0. The van der Waals surface area contributed by atoms with Crippen molar-refractivity contribution in [1.82, 2.24) is 10.2 Å². The third-order valence-electron chi connectivity index (χ3n) is 9.82. The monoisotopic (exact) mass is 691 g/mol. The molecule has 0 unspecified atom stereocenters. The molecule has 2 amide bonds. The lowest BCUT2D eigenvalue weighted by atomic mass is 9.85. The Morgan fingerprint density at radius 3 is 1.84 bits per heavy atom. The molecule has 1 fully saturated rings. The van der Waals surface area contributed by atoms with Crippen molar-refractivity contribution in [3.63, 3.8) is 0 Å². The highest BCUT2D eigenvalue weighted by molar-refractivity contribution is 5.94. The van der Waals surface area contributed by atoms with Gasteiger partial charge in [-0.25, -0.2) is 0 Å². The Labute approximate surface area is 296 Å². The zero-order valence-electron chi connectivity index (χ0n) is 29.7. The van der Waals surface area contributed by atoms with Crippen LogP contribution in [0.15, 0.2) is 60.7 Å². The van der Waals surface area contributed by atoms with Crippen LogP contribution in [0.3, 0.4) is 0 Å². The van der Waals surface area contributed by atoms with E-state index in [1.807, 2.05) is 74.5 Å². The van der Waals surface area contributed by atoms with Gasteiger partial charge in [0, 0.05) is 50.2 Å². The Hall–Kier alpha value is -3.93. The zero-order valence-corrected chi connectivity index (χ0v) is 29.7. The van der Waals surface area contributed by atoms with E-state index in [0.717, 1.165) is 11.1 Å². The summed E-state index contributed by atoms with van der Waals surface area (Å²) in [7, 11) is 0. The molecule has 11 nitrogen and oxygen atoms in total. The lowest BCUT2D eigenvalue weighted by Gasteiger charge is -2.38. The van der Waals surface area contributed by atoms with Gasteiger partial charge in [0.2, 0.25) is 11.8 Å². The molecule has 4 atom stereocenters. The average Bonchev–Trinajstić information content (AvgIpc) is 3.10. The second kappa shape index (κ2) is 20.1. The van der Waals surface area contributed by atoms with Crippen LogP contribution in [0, 0.1) is 23.7 Å². The first kappa shape index (κ1) is 40.5. The number of ketones is 2. The molecule has 11 heteroatoms. The predicted molar refractivity (Wildman–Crippen MR) is 194 cm³/mol. The van der Waals surface area contributed by atoms with Gasteiger partial charge < -0.3 is 32.5 Å². The number of hydrogen-bond acceptors (Lipinski definition) is 8. The Kier molecular flexibility index (Phi) is 16.2. The normalized spacial score (nSPS) is 16.6. The lowest BCUT2D eigenvalue weighted by Crippen LogP contribution is -2.57. The van der Waals surface area contributed by atoms with Crippen molar-refractivity contribution in [2.24, 2.45) is 40.9 Å². The number of amides is 2. The molecule has 0 radical (unpaired) electrons. The van der Waals surface area contributed by atoms with E-state index in [4.69, 9.17) is 17.2 Å². The molecule has 0 aliphatic carbocycles. The third kappa shape index (κ3) is 12.4. The van der Waals surface area contributed by atoms with Crippen molar-refractivity contribution < 1.29 is 29.1 Å². The SMILES string of the molecule is CC(C)C[C@@H](NC(=O)[C@H](CC(=O)[C@H](CN)Cc1ccccc1)Cc1ccccc1)C(=O)C[C@H](CCCCN)C(=O)N1CCC(N)(C(=O)O)CC1. The lowest BCUT2D eigenvalue weighted by molar-refractivity contribution is -0.149. The molecule has 1 aliphatic rings. The molecule has 0 aromatic heterocycles. The van der Waals surface area contributed by atoms with E-state index in [1.54, 1.807) is 4.90 Å². The number of carboxylic acids is 1. The smallest absolute Gasteiger partial charge is 0.323 e. The third-order valence-corrected chi connectivity index (χ3v) is 9.82. The van der Waals surface area contributed by atoms with Gasteiger partial charge in [-0.1, -0.05) is 80.9 Å². The highest BCUT2D eigenvalue weighted by Gasteiger charge is 2.40. The molecule has 274 valence electrons. The molecule has 8 N–H and O–H groups in total. The van der Waals surface area contributed by atoms with Gasteiger partial charge >= 0.3 is 5.97 Å². The predicted octanol–water partition coefficient (Wildman–Crippen LogP) is 3.26. The number of hydrogen-bond donors (Lipinski definition) is 5. The number of carbonyl (C=O) groups is 5. The Morgan fingerprint density at radius 2 is 1.34 bits per heavy atom. The van der Waals surface area contributed by atoms with Gasteiger partial charge in [0.25, 0.3) is 0 Å². The number of carbonyl (C=O) groups excluding carboxylic acids is 4. The van der Waals surface area contributed by atoms with Gasteiger partial charge in [-0.3, -0.25) is 24.0 Å². The number of benzene rings is 2. The number of nitrogens with zero attached hydrogens (tertiary/aromatic N) is 1. The topological polar surface area (TPSA) is 199 Å². The number of aliphatic carboxylic acids is 1. The molecule has 1 saturated heterocycles. The highest BCUT2D eigenvalue weighted by atomic mass is 16.4. The van der Waals surface area contributed by atoms with Gasteiger partial charge in [0.05, 0.1) is 6.04 Å². The summed E-state index contributed by atoms with van der Waals surface area (Å²) in [6.45, 7) is 4.92. The first-order chi connectivity index (χ1) is 23.9. The molecular formula is C39H57N5O6. The zero-order chi connectivity index (χ0) is 36.7. The van der Waals surface area contributed by atoms with Crippen molar-refractivity contribution in [2.45, 2.75) is 89.6 Å². The molecule has 0 bridgehead atoms. The summed E-state index contributed by atoms with van der Waals surface area (Å²) in [5.74, 6) is -3.78. The molecule has 2 aromatic carbocycles. The second-order valence-corrected chi connectivity index (χ2v) is 14.3. The van der Waals surface area contributed by atoms with Crippen LogP contribution in [0.4, 0.5) is 0 Å². The number of nitrogens with two attached hydrogens (primary N) is 3. The average molecular weight is 692 g/mol. The fraction of sp³-hybridized carbons (Fsp3) is 0.564. The minimum atomic E-state index is -1.38. The van der Waals surface area contributed by atoms with Crippen LogP contribution >= 0.6 is 0 Å². The van der Waals surface area contributed by atoms with E-state index in [-0.39, 0.29) is 74.6 Å². The Bertz CT molecular complexity index is 1390. The van der Waals surface area contributed by atoms with Crippen LogP contribution in [0.1, 0.15) is 76.3 Å². The molecule has 2 aromatic rings. The summed E-state index contributed by atoms with van der Waals surface area (Å²) in [6, 6.07) is 18.3. The quantitative estimate of drug-likeness (QED) is 0.122. The fourth-order valence-electron chi connectivity index (χ4n) is 6.66. The standard InChI is InChI=1S/C39H57N5O6/c1-27(2)21-33(35(46)24-30(15-9-10-18-40)37(48)44-19-16-39(42,17-20-44)38(49)50)43-36(47)31(22-28-11-5-3-6-12-28)25-34(45)32(26-41)23-29-13-7-4-8-14-29/h3-8,11-14,27,30-33H,9-10,15-26,40-42H2,1-2H3,(H,43,47)(H,49,50)/t30-,31-,32-,33+/m0/s1. The maximum atomic E-state index is 14.0.